The molecule has 0 spiro atoms. The molecule has 6 nitrogen and oxygen atoms in total. The molecule has 134 valence electrons. The smallest absolute Gasteiger partial charge is 0.243 e. The van der Waals surface area contributed by atoms with Gasteiger partial charge in [-0.05, 0) is 56.5 Å². The third-order valence-corrected chi connectivity index (χ3v) is 4.66. The second-order valence-electron chi connectivity index (χ2n) is 6.06. The van der Waals surface area contributed by atoms with Crippen molar-refractivity contribution < 1.29 is 9.59 Å². The molecule has 1 aromatic heterocycles. The van der Waals surface area contributed by atoms with E-state index in [1.165, 1.54) is 0 Å². The second kappa shape index (κ2) is 8.29. The zero-order chi connectivity index (χ0) is 18.6. The first kappa shape index (κ1) is 19.2. The van der Waals surface area contributed by atoms with Crippen molar-refractivity contribution in [3.05, 3.63) is 45.2 Å². The third kappa shape index (κ3) is 5.16. The summed E-state index contributed by atoms with van der Waals surface area (Å²) < 4.78 is 2.77. The van der Waals surface area contributed by atoms with Crippen LogP contribution in [0.15, 0.2) is 22.7 Å². The maximum Gasteiger partial charge on any atom is 0.243 e. The molecule has 0 saturated carbocycles. The van der Waals surface area contributed by atoms with Crippen LogP contribution in [-0.4, -0.2) is 28.1 Å². The van der Waals surface area contributed by atoms with Crippen molar-refractivity contribution in [2.24, 2.45) is 7.05 Å². The van der Waals surface area contributed by atoms with Crippen LogP contribution in [0.1, 0.15) is 28.9 Å². The van der Waals surface area contributed by atoms with E-state index >= 15 is 0 Å². The molecule has 2 aromatic rings. The molecule has 25 heavy (non-hydrogen) atoms. The fourth-order valence-corrected chi connectivity index (χ4v) is 3.12. The Balaban J connectivity index is 1.80. The molecule has 2 N–H and O–H groups in total. The Morgan fingerprint density at radius 2 is 1.92 bits per heavy atom. The highest BCUT2D eigenvalue weighted by Crippen LogP contribution is 2.19. The van der Waals surface area contributed by atoms with Crippen LogP contribution in [0.25, 0.3) is 0 Å². The highest BCUT2D eigenvalue weighted by Gasteiger charge is 2.12. The molecular weight excluding hydrogens is 384 g/mol. The number of benzene rings is 1. The highest BCUT2D eigenvalue weighted by molar-refractivity contribution is 9.10. The van der Waals surface area contributed by atoms with Crippen molar-refractivity contribution in [3.63, 3.8) is 0 Å². The van der Waals surface area contributed by atoms with Gasteiger partial charge >= 0.3 is 0 Å². The topological polar surface area (TPSA) is 76.0 Å². The molecule has 2 rings (SSSR count). The summed E-state index contributed by atoms with van der Waals surface area (Å²) in [5.74, 6) is -0.391. The number of hydrogen-bond donors (Lipinski definition) is 2. The number of hydrogen-bond acceptors (Lipinski definition) is 3. The zero-order valence-corrected chi connectivity index (χ0v) is 16.5. The van der Waals surface area contributed by atoms with Gasteiger partial charge in [-0.2, -0.15) is 5.10 Å². The van der Waals surface area contributed by atoms with Crippen LogP contribution in [0, 0.1) is 20.8 Å². The Morgan fingerprint density at radius 3 is 2.52 bits per heavy atom. The van der Waals surface area contributed by atoms with Gasteiger partial charge in [0.1, 0.15) is 0 Å². The number of aromatic nitrogens is 2. The van der Waals surface area contributed by atoms with E-state index in [4.69, 9.17) is 0 Å². The second-order valence-corrected chi connectivity index (χ2v) is 6.97. The standard InChI is InChI=1S/C18H23BrN4O2/c1-11-9-14(19)5-7-16(11)21-18(25)10-20-17(24)8-6-15-12(2)22-23(4)13(15)3/h5,7,9H,6,8,10H2,1-4H3,(H,20,24)(H,21,25). The number of carbonyl (C=O) groups is 2. The summed E-state index contributed by atoms with van der Waals surface area (Å²) in [7, 11) is 1.89. The number of carbonyl (C=O) groups excluding carboxylic acids is 2. The van der Waals surface area contributed by atoms with E-state index in [1.807, 2.05) is 50.7 Å². The fourth-order valence-electron chi connectivity index (χ4n) is 2.65. The number of aryl methyl sites for hydroxylation is 3. The van der Waals surface area contributed by atoms with E-state index in [1.54, 1.807) is 0 Å². The average molecular weight is 407 g/mol. The van der Waals surface area contributed by atoms with Crippen LogP contribution in [0.5, 0.6) is 0 Å². The van der Waals surface area contributed by atoms with Gasteiger partial charge in [-0.1, -0.05) is 15.9 Å². The maximum atomic E-state index is 12.0. The first-order valence-corrected chi connectivity index (χ1v) is 8.89. The molecule has 0 bridgehead atoms. The summed E-state index contributed by atoms with van der Waals surface area (Å²) >= 11 is 3.38. The SMILES string of the molecule is Cc1cc(Br)ccc1NC(=O)CNC(=O)CCc1c(C)nn(C)c1C. The van der Waals surface area contributed by atoms with Crippen molar-refractivity contribution >= 4 is 33.4 Å². The Labute approximate surface area is 156 Å². The normalized spacial score (nSPS) is 10.6. The minimum absolute atomic E-state index is 0.0423. The molecule has 2 amide bonds. The molecule has 0 aliphatic carbocycles. The lowest BCUT2D eigenvalue weighted by atomic mass is 10.1. The van der Waals surface area contributed by atoms with Gasteiger partial charge in [0.15, 0.2) is 0 Å². The van der Waals surface area contributed by atoms with Crippen molar-refractivity contribution in [2.45, 2.75) is 33.6 Å². The summed E-state index contributed by atoms with van der Waals surface area (Å²) in [5.41, 5.74) is 4.79. The molecule has 0 unspecified atom stereocenters. The largest absolute Gasteiger partial charge is 0.347 e. The Morgan fingerprint density at radius 1 is 1.20 bits per heavy atom. The van der Waals surface area contributed by atoms with Gasteiger partial charge in [0.05, 0.1) is 12.2 Å². The lowest BCUT2D eigenvalue weighted by molar-refractivity contribution is -0.124. The van der Waals surface area contributed by atoms with Gasteiger partial charge in [-0.25, -0.2) is 0 Å². The lowest BCUT2D eigenvalue weighted by Crippen LogP contribution is -2.33. The molecule has 0 aliphatic rings. The summed E-state index contributed by atoms with van der Waals surface area (Å²) in [6, 6.07) is 5.61. The predicted molar refractivity (Wildman–Crippen MR) is 102 cm³/mol. The first-order valence-electron chi connectivity index (χ1n) is 8.09. The van der Waals surface area contributed by atoms with Gasteiger partial charge in [0, 0.05) is 29.3 Å². The van der Waals surface area contributed by atoms with E-state index in [-0.39, 0.29) is 18.4 Å². The molecule has 0 radical (unpaired) electrons. The minimum atomic E-state index is -0.243. The van der Waals surface area contributed by atoms with Gasteiger partial charge in [0.2, 0.25) is 11.8 Å². The lowest BCUT2D eigenvalue weighted by Gasteiger charge is -2.10. The van der Waals surface area contributed by atoms with E-state index in [9.17, 15) is 9.59 Å². The average Bonchev–Trinajstić information content (AvgIpc) is 2.79. The van der Waals surface area contributed by atoms with Crippen molar-refractivity contribution in [1.29, 1.82) is 0 Å². The first-order chi connectivity index (χ1) is 11.8. The van der Waals surface area contributed by atoms with Crippen LogP contribution in [0.4, 0.5) is 5.69 Å². The third-order valence-electron chi connectivity index (χ3n) is 4.17. The number of nitrogens with zero attached hydrogens (tertiary/aromatic N) is 2. The Hall–Kier alpha value is -2.15. The number of rotatable bonds is 6. The molecular formula is C18H23BrN4O2. The number of amides is 2. The quantitative estimate of drug-likeness (QED) is 0.773. The minimum Gasteiger partial charge on any atom is -0.347 e. The van der Waals surface area contributed by atoms with Gasteiger partial charge in [-0.15, -0.1) is 0 Å². The van der Waals surface area contributed by atoms with E-state index in [0.29, 0.717) is 12.8 Å². The van der Waals surface area contributed by atoms with Crippen LogP contribution < -0.4 is 10.6 Å². The predicted octanol–water partition coefficient (Wildman–Crippen LogP) is 2.80. The van der Waals surface area contributed by atoms with E-state index in [0.717, 1.165) is 32.7 Å². The molecule has 7 heteroatoms. The van der Waals surface area contributed by atoms with E-state index < -0.39 is 0 Å². The summed E-state index contributed by atoms with van der Waals surface area (Å²) in [5, 5.41) is 9.80. The van der Waals surface area contributed by atoms with Gasteiger partial charge in [-0.3, -0.25) is 14.3 Å². The number of nitrogens with one attached hydrogen (secondary N) is 2. The number of anilines is 1. The highest BCUT2D eigenvalue weighted by atomic mass is 79.9. The summed E-state index contributed by atoms with van der Waals surface area (Å²) in [4.78, 5) is 24.0. The zero-order valence-electron chi connectivity index (χ0n) is 14.9. The Bertz CT molecular complexity index is 799. The molecule has 1 heterocycles. The van der Waals surface area contributed by atoms with Crippen LogP contribution in [0.2, 0.25) is 0 Å². The van der Waals surface area contributed by atoms with Crippen LogP contribution >= 0.6 is 15.9 Å². The van der Waals surface area contributed by atoms with Crippen molar-refractivity contribution in [3.8, 4) is 0 Å². The van der Waals surface area contributed by atoms with E-state index in [2.05, 4.69) is 31.7 Å². The molecule has 0 fully saturated rings. The number of halogens is 1. The fraction of sp³-hybridized carbons (Fsp3) is 0.389. The maximum absolute atomic E-state index is 12.0. The Kier molecular flexibility index (Phi) is 6.36. The summed E-state index contributed by atoms with van der Waals surface area (Å²) in [6.07, 6.45) is 0.947. The molecule has 0 aliphatic heterocycles. The van der Waals surface area contributed by atoms with Crippen LogP contribution in [0.3, 0.4) is 0 Å². The molecule has 0 atom stereocenters. The van der Waals surface area contributed by atoms with Gasteiger partial charge in [0.25, 0.3) is 0 Å². The monoisotopic (exact) mass is 406 g/mol. The van der Waals surface area contributed by atoms with Crippen molar-refractivity contribution in [2.75, 3.05) is 11.9 Å². The van der Waals surface area contributed by atoms with Gasteiger partial charge < -0.3 is 10.6 Å². The van der Waals surface area contributed by atoms with Crippen LogP contribution in [-0.2, 0) is 23.1 Å². The van der Waals surface area contributed by atoms with Crippen molar-refractivity contribution in [1.82, 2.24) is 15.1 Å². The molecule has 0 saturated heterocycles. The summed E-state index contributed by atoms with van der Waals surface area (Å²) in [6.45, 7) is 5.80. The molecule has 1 aromatic carbocycles.